The molecular formula is C18H18N2S. The first-order chi connectivity index (χ1) is 10.3. The number of aromatic nitrogens is 1. The molecule has 0 fully saturated rings. The number of nitrogen functional groups attached to an aromatic ring is 1. The van der Waals surface area contributed by atoms with Gasteiger partial charge in [0.05, 0.1) is 5.69 Å². The van der Waals surface area contributed by atoms with E-state index in [-0.39, 0.29) is 0 Å². The van der Waals surface area contributed by atoms with Gasteiger partial charge in [0.2, 0.25) is 0 Å². The molecular weight excluding hydrogens is 276 g/mol. The Bertz CT molecular complexity index is 715. The molecule has 0 saturated heterocycles. The average molecular weight is 294 g/mol. The Hall–Kier alpha value is -2.13. The van der Waals surface area contributed by atoms with Crippen LogP contribution in [0.5, 0.6) is 0 Å². The fourth-order valence-corrected chi connectivity index (χ4v) is 3.40. The number of hydrogen-bond acceptors (Lipinski definition) is 3. The van der Waals surface area contributed by atoms with E-state index in [4.69, 9.17) is 5.73 Å². The Labute approximate surface area is 129 Å². The second kappa shape index (κ2) is 6.10. The Morgan fingerprint density at radius 3 is 2.29 bits per heavy atom. The van der Waals surface area contributed by atoms with E-state index in [1.807, 2.05) is 6.07 Å². The number of hydrogen-bond donors (Lipinski definition) is 1. The average Bonchev–Trinajstić information content (AvgIpc) is 2.88. The highest BCUT2D eigenvalue weighted by Crippen LogP contribution is 2.25. The second-order valence-electron chi connectivity index (χ2n) is 5.02. The van der Waals surface area contributed by atoms with Crippen molar-refractivity contribution in [3.63, 3.8) is 0 Å². The third kappa shape index (κ3) is 3.14. The van der Waals surface area contributed by atoms with Gasteiger partial charge in [0.25, 0.3) is 0 Å². The van der Waals surface area contributed by atoms with Crippen LogP contribution in [0.1, 0.15) is 23.1 Å². The number of thiazole rings is 1. The first-order valence-corrected chi connectivity index (χ1v) is 7.96. The summed E-state index contributed by atoms with van der Waals surface area (Å²) >= 11 is 1.60. The van der Waals surface area contributed by atoms with Crippen LogP contribution in [0, 0.1) is 0 Å². The Kier molecular flexibility index (Phi) is 4.02. The molecule has 0 saturated carbocycles. The zero-order valence-corrected chi connectivity index (χ0v) is 12.9. The van der Waals surface area contributed by atoms with Crippen molar-refractivity contribution < 1.29 is 0 Å². The molecule has 0 aliphatic rings. The smallest absolute Gasteiger partial charge is 0.180 e. The lowest BCUT2D eigenvalue weighted by molar-refractivity contribution is 1.02. The molecule has 106 valence electrons. The SMILES string of the molecule is CCc1nc(N)sc1Cc1ccc(-c2ccccc2)cc1. The van der Waals surface area contributed by atoms with Gasteiger partial charge in [-0.2, -0.15) is 0 Å². The summed E-state index contributed by atoms with van der Waals surface area (Å²) in [6.45, 7) is 2.12. The largest absolute Gasteiger partial charge is 0.375 e. The lowest BCUT2D eigenvalue weighted by atomic mass is 10.0. The summed E-state index contributed by atoms with van der Waals surface area (Å²) < 4.78 is 0. The predicted octanol–water partition coefficient (Wildman–Crippen LogP) is 4.55. The molecule has 3 aromatic rings. The molecule has 1 heterocycles. The standard InChI is InChI=1S/C18H18N2S/c1-2-16-17(21-18(19)20-16)12-13-8-10-15(11-9-13)14-6-4-3-5-7-14/h3-11H,2,12H2,1H3,(H2,19,20). The maximum absolute atomic E-state index is 5.82. The maximum Gasteiger partial charge on any atom is 0.180 e. The highest BCUT2D eigenvalue weighted by atomic mass is 32.1. The van der Waals surface area contributed by atoms with Gasteiger partial charge < -0.3 is 5.73 Å². The molecule has 0 spiro atoms. The first kappa shape index (κ1) is 13.8. The van der Waals surface area contributed by atoms with E-state index in [1.54, 1.807) is 11.3 Å². The molecule has 0 radical (unpaired) electrons. The van der Waals surface area contributed by atoms with E-state index in [0.29, 0.717) is 5.13 Å². The minimum atomic E-state index is 0.669. The van der Waals surface area contributed by atoms with Crippen molar-refractivity contribution in [1.82, 2.24) is 4.98 Å². The van der Waals surface area contributed by atoms with Crippen molar-refractivity contribution in [2.75, 3.05) is 5.73 Å². The van der Waals surface area contributed by atoms with Gasteiger partial charge in [-0.25, -0.2) is 4.98 Å². The predicted molar refractivity (Wildman–Crippen MR) is 90.6 cm³/mol. The molecule has 1 aromatic heterocycles. The van der Waals surface area contributed by atoms with E-state index < -0.39 is 0 Å². The van der Waals surface area contributed by atoms with Crippen molar-refractivity contribution in [3.05, 3.63) is 70.7 Å². The molecule has 2 aromatic carbocycles. The van der Waals surface area contributed by atoms with Gasteiger partial charge >= 0.3 is 0 Å². The second-order valence-corrected chi connectivity index (χ2v) is 6.13. The summed E-state index contributed by atoms with van der Waals surface area (Å²) in [6, 6.07) is 19.2. The molecule has 3 heteroatoms. The summed E-state index contributed by atoms with van der Waals surface area (Å²) in [5, 5.41) is 0.669. The van der Waals surface area contributed by atoms with Crippen molar-refractivity contribution in [3.8, 4) is 11.1 Å². The number of aryl methyl sites for hydroxylation is 1. The first-order valence-electron chi connectivity index (χ1n) is 7.14. The van der Waals surface area contributed by atoms with Crippen molar-refractivity contribution >= 4 is 16.5 Å². The van der Waals surface area contributed by atoms with E-state index >= 15 is 0 Å². The third-order valence-electron chi connectivity index (χ3n) is 3.56. The lowest BCUT2D eigenvalue weighted by Gasteiger charge is -2.04. The quantitative estimate of drug-likeness (QED) is 0.767. The number of benzene rings is 2. The van der Waals surface area contributed by atoms with Crippen LogP contribution in [0.2, 0.25) is 0 Å². The number of anilines is 1. The van der Waals surface area contributed by atoms with Crippen LogP contribution in [0.25, 0.3) is 11.1 Å². The molecule has 0 unspecified atom stereocenters. The number of nitrogens with zero attached hydrogens (tertiary/aromatic N) is 1. The zero-order chi connectivity index (χ0) is 14.7. The van der Waals surface area contributed by atoms with E-state index in [1.165, 1.54) is 21.6 Å². The molecule has 0 aliphatic carbocycles. The lowest BCUT2D eigenvalue weighted by Crippen LogP contribution is -1.91. The summed E-state index contributed by atoms with van der Waals surface area (Å²) in [4.78, 5) is 5.67. The Morgan fingerprint density at radius 1 is 0.952 bits per heavy atom. The molecule has 0 aliphatic heterocycles. The van der Waals surface area contributed by atoms with Crippen molar-refractivity contribution in [2.24, 2.45) is 0 Å². The highest BCUT2D eigenvalue weighted by molar-refractivity contribution is 7.15. The molecule has 2 nitrogen and oxygen atoms in total. The van der Waals surface area contributed by atoms with E-state index in [0.717, 1.165) is 18.5 Å². The van der Waals surface area contributed by atoms with Crippen LogP contribution in [0.15, 0.2) is 54.6 Å². The minimum absolute atomic E-state index is 0.669. The van der Waals surface area contributed by atoms with Crippen LogP contribution in [0.4, 0.5) is 5.13 Å². The van der Waals surface area contributed by atoms with Gasteiger partial charge in [0.1, 0.15) is 0 Å². The molecule has 0 atom stereocenters. The molecule has 0 bridgehead atoms. The fraction of sp³-hybridized carbons (Fsp3) is 0.167. The molecule has 21 heavy (non-hydrogen) atoms. The van der Waals surface area contributed by atoms with Crippen LogP contribution in [-0.4, -0.2) is 4.98 Å². The minimum Gasteiger partial charge on any atom is -0.375 e. The normalized spacial score (nSPS) is 10.7. The maximum atomic E-state index is 5.82. The third-order valence-corrected chi connectivity index (χ3v) is 4.48. The van der Waals surface area contributed by atoms with Crippen LogP contribution >= 0.6 is 11.3 Å². The highest BCUT2D eigenvalue weighted by Gasteiger charge is 2.08. The van der Waals surface area contributed by atoms with E-state index in [9.17, 15) is 0 Å². The summed E-state index contributed by atoms with van der Waals surface area (Å²) in [5.41, 5.74) is 10.7. The van der Waals surface area contributed by atoms with Crippen molar-refractivity contribution in [2.45, 2.75) is 19.8 Å². The topological polar surface area (TPSA) is 38.9 Å². The van der Waals surface area contributed by atoms with Crippen molar-refractivity contribution in [1.29, 1.82) is 0 Å². The van der Waals surface area contributed by atoms with Crippen LogP contribution < -0.4 is 5.73 Å². The van der Waals surface area contributed by atoms with Crippen LogP contribution in [-0.2, 0) is 12.8 Å². The monoisotopic (exact) mass is 294 g/mol. The van der Waals surface area contributed by atoms with Gasteiger partial charge in [-0.05, 0) is 23.1 Å². The van der Waals surface area contributed by atoms with Gasteiger partial charge in [0, 0.05) is 11.3 Å². The van der Waals surface area contributed by atoms with Gasteiger partial charge in [-0.3, -0.25) is 0 Å². The van der Waals surface area contributed by atoms with Crippen LogP contribution in [0.3, 0.4) is 0 Å². The number of nitrogens with two attached hydrogens (primary N) is 1. The number of rotatable bonds is 4. The summed E-state index contributed by atoms with van der Waals surface area (Å²) in [7, 11) is 0. The zero-order valence-electron chi connectivity index (χ0n) is 12.0. The Morgan fingerprint density at radius 2 is 1.62 bits per heavy atom. The Balaban J connectivity index is 1.81. The fourth-order valence-electron chi connectivity index (χ4n) is 2.45. The summed E-state index contributed by atoms with van der Waals surface area (Å²) in [6.07, 6.45) is 1.85. The van der Waals surface area contributed by atoms with Gasteiger partial charge in [-0.15, -0.1) is 11.3 Å². The van der Waals surface area contributed by atoms with E-state index in [2.05, 4.69) is 60.4 Å². The van der Waals surface area contributed by atoms with Gasteiger partial charge in [0.15, 0.2) is 5.13 Å². The molecule has 0 amide bonds. The molecule has 3 rings (SSSR count). The summed E-state index contributed by atoms with van der Waals surface area (Å²) in [5.74, 6) is 0. The van der Waals surface area contributed by atoms with Gasteiger partial charge in [-0.1, -0.05) is 61.5 Å². The molecule has 2 N–H and O–H groups in total.